The van der Waals surface area contributed by atoms with Gasteiger partial charge in [0, 0.05) is 30.8 Å². The van der Waals surface area contributed by atoms with E-state index in [0.29, 0.717) is 30.2 Å². The molecule has 1 aromatic carbocycles. The fraction of sp³-hybridized carbons (Fsp3) is 0.188. The van der Waals surface area contributed by atoms with Gasteiger partial charge in [-0.05, 0) is 29.8 Å². The topological polar surface area (TPSA) is 22.1 Å². The first-order chi connectivity index (χ1) is 9.79. The van der Waals surface area contributed by atoms with Crippen LogP contribution in [-0.2, 0) is 6.61 Å². The largest absolute Gasteiger partial charge is 0.487 e. The molecule has 1 heterocycles. The van der Waals surface area contributed by atoms with Gasteiger partial charge in [0.2, 0.25) is 0 Å². The van der Waals surface area contributed by atoms with E-state index in [4.69, 9.17) is 16.3 Å². The smallest absolute Gasteiger partial charge is 0.138 e. The minimum absolute atomic E-state index is 0.343. The standard InChI is InChI=1S/C16H13ClFNO/c17-8-2-1-3-14-4-5-15(18)11-16(14)20-12-13-6-9-19-10-7-13/h4-7,9-11H,2,8,12H2. The van der Waals surface area contributed by atoms with Crippen molar-refractivity contribution in [2.75, 3.05) is 5.88 Å². The molecule has 2 aromatic rings. The Morgan fingerprint density at radius 1 is 1.20 bits per heavy atom. The van der Waals surface area contributed by atoms with Crippen LogP contribution in [0.3, 0.4) is 0 Å². The van der Waals surface area contributed by atoms with Gasteiger partial charge in [-0.3, -0.25) is 4.98 Å². The number of halogens is 2. The normalized spacial score (nSPS) is 9.70. The van der Waals surface area contributed by atoms with Crippen LogP contribution in [0.4, 0.5) is 4.39 Å². The number of aromatic nitrogens is 1. The maximum absolute atomic E-state index is 13.3. The van der Waals surface area contributed by atoms with Gasteiger partial charge in [-0.1, -0.05) is 11.8 Å². The number of pyridine rings is 1. The Labute approximate surface area is 122 Å². The minimum atomic E-state index is -0.349. The molecular weight excluding hydrogens is 277 g/mol. The predicted molar refractivity (Wildman–Crippen MR) is 77.2 cm³/mol. The van der Waals surface area contributed by atoms with Gasteiger partial charge in [-0.25, -0.2) is 4.39 Å². The number of nitrogens with zero attached hydrogens (tertiary/aromatic N) is 1. The molecular formula is C16H13ClFNO. The molecule has 2 rings (SSSR count). The van der Waals surface area contributed by atoms with Crippen molar-refractivity contribution in [3.05, 3.63) is 59.7 Å². The third kappa shape index (κ3) is 4.25. The second kappa shape index (κ2) is 7.52. The lowest BCUT2D eigenvalue weighted by atomic mass is 10.2. The molecule has 0 atom stereocenters. The van der Waals surface area contributed by atoms with Crippen LogP contribution < -0.4 is 4.74 Å². The van der Waals surface area contributed by atoms with Crippen LogP contribution in [0, 0.1) is 17.7 Å². The van der Waals surface area contributed by atoms with Crippen LogP contribution in [0.5, 0.6) is 5.75 Å². The third-order valence-electron chi connectivity index (χ3n) is 2.53. The number of hydrogen-bond acceptors (Lipinski definition) is 2. The quantitative estimate of drug-likeness (QED) is 0.631. The van der Waals surface area contributed by atoms with E-state index in [1.54, 1.807) is 18.5 Å². The molecule has 20 heavy (non-hydrogen) atoms. The second-order valence-corrected chi connectivity index (χ2v) is 4.40. The summed E-state index contributed by atoms with van der Waals surface area (Å²) < 4.78 is 18.9. The molecule has 0 spiro atoms. The molecule has 102 valence electrons. The maximum atomic E-state index is 13.3. The van der Waals surface area contributed by atoms with Gasteiger partial charge >= 0.3 is 0 Å². The summed E-state index contributed by atoms with van der Waals surface area (Å²) in [6.07, 6.45) is 3.96. The monoisotopic (exact) mass is 289 g/mol. The summed E-state index contributed by atoms with van der Waals surface area (Å²) in [6, 6.07) is 8.00. The first-order valence-corrected chi connectivity index (χ1v) is 6.69. The van der Waals surface area contributed by atoms with Crippen molar-refractivity contribution in [1.29, 1.82) is 0 Å². The summed E-state index contributed by atoms with van der Waals surface area (Å²) in [4.78, 5) is 3.93. The molecule has 0 N–H and O–H groups in total. The fourth-order valence-electron chi connectivity index (χ4n) is 1.56. The van der Waals surface area contributed by atoms with Crippen LogP contribution >= 0.6 is 11.6 Å². The van der Waals surface area contributed by atoms with Gasteiger partial charge in [-0.15, -0.1) is 11.6 Å². The number of hydrogen-bond donors (Lipinski definition) is 0. The van der Waals surface area contributed by atoms with Gasteiger partial charge in [-0.2, -0.15) is 0 Å². The highest BCUT2D eigenvalue weighted by molar-refractivity contribution is 6.18. The van der Waals surface area contributed by atoms with Crippen molar-refractivity contribution >= 4 is 11.6 Å². The maximum Gasteiger partial charge on any atom is 0.138 e. The van der Waals surface area contributed by atoms with Crippen LogP contribution in [-0.4, -0.2) is 10.9 Å². The molecule has 0 fully saturated rings. The molecule has 0 aliphatic rings. The van der Waals surface area contributed by atoms with E-state index in [9.17, 15) is 4.39 Å². The number of benzene rings is 1. The summed E-state index contributed by atoms with van der Waals surface area (Å²) in [5.74, 6) is 6.41. The van der Waals surface area contributed by atoms with E-state index in [-0.39, 0.29) is 5.82 Å². The highest BCUT2D eigenvalue weighted by Gasteiger charge is 2.04. The van der Waals surface area contributed by atoms with Gasteiger partial charge in [0.15, 0.2) is 0 Å². The third-order valence-corrected chi connectivity index (χ3v) is 2.72. The van der Waals surface area contributed by atoms with E-state index in [2.05, 4.69) is 16.8 Å². The number of rotatable bonds is 4. The highest BCUT2D eigenvalue weighted by Crippen LogP contribution is 2.20. The van der Waals surface area contributed by atoms with Crippen LogP contribution in [0.25, 0.3) is 0 Å². The van der Waals surface area contributed by atoms with Crippen LogP contribution in [0.1, 0.15) is 17.5 Å². The van der Waals surface area contributed by atoms with Crippen LogP contribution in [0.15, 0.2) is 42.7 Å². The first kappa shape index (κ1) is 14.4. The Kier molecular flexibility index (Phi) is 5.40. The summed E-state index contributed by atoms with van der Waals surface area (Å²) >= 11 is 5.57. The van der Waals surface area contributed by atoms with Crippen molar-refractivity contribution in [3.8, 4) is 17.6 Å². The molecule has 0 aliphatic heterocycles. The Morgan fingerprint density at radius 3 is 2.75 bits per heavy atom. The van der Waals surface area contributed by atoms with Crippen molar-refractivity contribution in [2.45, 2.75) is 13.0 Å². The SMILES string of the molecule is Fc1ccc(C#CCCCl)c(OCc2ccncc2)c1. The molecule has 2 nitrogen and oxygen atoms in total. The van der Waals surface area contributed by atoms with Crippen molar-refractivity contribution in [1.82, 2.24) is 4.98 Å². The molecule has 0 unspecified atom stereocenters. The van der Waals surface area contributed by atoms with Crippen LogP contribution in [0.2, 0.25) is 0 Å². The van der Waals surface area contributed by atoms with Gasteiger partial charge in [0.1, 0.15) is 18.2 Å². The molecule has 0 aliphatic carbocycles. The lowest BCUT2D eigenvalue weighted by Crippen LogP contribution is -1.98. The Bertz CT molecular complexity index is 619. The summed E-state index contributed by atoms with van der Waals surface area (Å²) in [6.45, 7) is 0.343. The Hall–Kier alpha value is -2.05. The predicted octanol–water partition coefficient (Wildman–Crippen LogP) is 3.78. The van der Waals surface area contributed by atoms with E-state index >= 15 is 0 Å². The molecule has 4 heteroatoms. The molecule has 0 radical (unpaired) electrons. The molecule has 0 saturated heterocycles. The average molecular weight is 290 g/mol. The Balaban J connectivity index is 2.13. The molecule has 0 amide bonds. The van der Waals surface area contributed by atoms with E-state index in [1.807, 2.05) is 12.1 Å². The highest BCUT2D eigenvalue weighted by atomic mass is 35.5. The zero-order valence-electron chi connectivity index (χ0n) is 10.8. The molecule has 0 saturated carbocycles. The first-order valence-electron chi connectivity index (χ1n) is 6.15. The van der Waals surface area contributed by atoms with Gasteiger partial charge < -0.3 is 4.74 Å². The second-order valence-electron chi connectivity index (χ2n) is 4.03. The summed E-state index contributed by atoms with van der Waals surface area (Å²) in [7, 11) is 0. The van der Waals surface area contributed by atoms with Crippen molar-refractivity contribution in [2.24, 2.45) is 0 Å². The van der Waals surface area contributed by atoms with Crippen molar-refractivity contribution < 1.29 is 9.13 Å². The van der Waals surface area contributed by atoms with Gasteiger partial charge in [0.25, 0.3) is 0 Å². The zero-order chi connectivity index (χ0) is 14.2. The fourth-order valence-corrected chi connectivity index (χ4v) is 1.66. The Morgan fingerprint density at radius 2 is 2.00 bits per heavy atom. The minimum Gasteiger partial charge on any atom is -0.487 e. The van der Waals surface area contributed by atoms with E-state index < -0.39 is 0 Å². The molecule has 1 aromatic heterocycles. The average Bonchev–Trinajstić information content (AvgIpc) is 2.48. The van der Waals surface area contributed by atoms with E-state index in [0.717, 1.165) is 5.56 Å². The van der Waals surface area contributed by atoms with E-state index in [1.165, 1.54) is 12.1 Å². The summed E-state index contributed by atoms with van der Waals surface area (Å²) in [5.41, 5.74) is 1.62. The van der Waals surface area contributed by atoms with Crippen molar-refractivity contribution in [3.63, 3.8) is 0 Å². The number of alkyl halides is 1. The number of ether oxygens (including phenoxy) is 1. The lowest BCUT2D eigenvalue weighted by molar-refractivity contribution is 0.303. The van der Waals surface area contributed by atoms with Gasteiger partial charge in [0.05, 0.1) is 5.56 Å². The lowest BCUT2D eigenvalue weighted by Gasteiger charge is -2.08. The molecule has 0 bridgehead atoms. The summed E-state index contributed by atoms with van der Waals surface area (Å²) in [5, 5.41) is 0. The zero-order valence-corrected chi connectivity index (χ0v) is 11.5.